The van der Waals surface area contributed by atoms with Gasteiger partial charge in [-0.3, -0.25) is 9.59 Å². The lowest BCUT2D eigenvalue weighted by Gasteiger charge is -2.34. The molecular weight excluding hydrogens is 382 g/mol. The van der Waals surface area contributed by atoms with Crippen LogP contribution >= 0.6 is 0 Å². The van der Waals surface area contributed by atoms with Crippen molar-refractivity contribution in [2.75, 3.05) is 44.0 Å². The van der Waals surface area contributed by atoms with Gasteiger partial charge in [-0.1, -0.05) is 18.2 Å². The number of fused-ring (bicyclic) bond motifs is 1. The van der Waals surface area contributed by atoms with Crippen LogP contribution in [0.4, 0.5) is 11.4 Å². The van der Waals surface area contributed by atoms with E-state index in [-0.39, 0.29) is 11.8 Å². The lowest BCUT2D eigenvalue weighted by Crippen LogP contribution is -2.46. The molecule has 7 nitrogen and oxygen atoms in total. The second kappa shape index (κ2) is 10.1. The van der Waals surface area contributed by atoms with Crippen LogP contribution in [0.5, 0.6) is 11.5 Å². The fraction of sp³-hybridized carbons (Fsp3) is 0.391. The number of ether oxygens (including phenoxy) is 2. The zero-order valence-electron chi connectivity index (χ0n) is 17.8. The van der Waals surface area contributed by atoms with Crippen molar-refractivity contribution in [1.29, 1.82) is 0 Å². The molecule has 160 valence electrons. The van der Waals surface area contributed by atoms with Crippen molar-refractivity contribution in [2.45, 2.75) is 25.9 Å². The Labute approximate surface area is 177 Å². The lowest BCUT2D eigenvalue weighted by molar-refractivity contribution is -0.125. The van der Waals surface area contributed by atoms with Crippen molar-refractivity contribution in [3.63, 3.8) is 0 Å². The summed E-state index contributed by atoms with van der Waals surface area (Å²) in [5.74, 6) is 1.26. The number of anilines is 2. The van der Waals surface area contributed by atoms with Gasteiger partial charge in [0.15, 0.2) is 6.10 Å². The molecule has 1 atom stereocenters. The molecule has 1 unspecified atom stereocenters. The van der Waals surface area contributed by atoms with Gasteiger partial charge in [-0.25, -0.2) is 0 Å². The van der Waals surface area contributed by atoms with Gasteiger partial charge >= 0.3 is 0 Å². The number of nitrogens with zero attached hydrogens (tertiary/aromatic N) is 2. The summed E-state index contributed by atoms with van der Waals surface area (Å²) in [6.45, 7) is 3.55. The van der Waals surface area contributed by atoms with Gasteiger partial charge in [-0.2, -0.15) is 0 Å². The van der Waals surface area contributed by atoms with Crippen LogP contribution in [0.1, 0.15) is 19.8 Å². The van der Waals surface area contributed by atoms with Gasteiger partial charge in [0, 0.05) is 31.3 Å². The van der Waals surface area contributed by atoms with Gasteiger partial charge in [-0.05, 0) is 51.7 Å². The van der Waals surface area contributed by atoms with Crippen LogP contribution in [0.25, 0.3) is 0 Å². The van der Waals surface area contributed by atoms with Crippen LogP contribution in [-0.4, -0.2) is 56.6 Å². The predicted molar refractivity (Wildman–Crippen MR) is 117 cm³/mol. The van der Waals surface area contributed by atoms with Crippen molar-refractivity contribution < 1.29 is 19.1 Å². The molecule has 1 heterocycles. The Kier molecular flexibility index (Phi) is 7.30. The van der Waals surface area contributed by atoms with Crippen LogP contribution in [0.2, 0.25) is 0 Å². The Morgan fingerprint density at radius 1 is 1.20 bits per heavy atom. The molecule has 0 radical (unpaired) electrons. The molecular formula is C23H29N3O4. The Morgan fingerprint density at radius 3 is 2.70 bits per heavy atom. The van der Waals surface area contributed by atoms with Gasteiger partial charge in [0.2, 0.25) is 5.91 Å². The van der Waals surface area contributed by atoms with E-state index in [0.29, 0.717) is 37.4 Å². The largest absolute Gasteiger partial charge is 0.494 e. The molecule has 1 aliphatic rings. The quantitative estimate of drug-likeness (QED) is 0.642. The first kappa shape index (κ1) is 21.6. The second-order valence-corrected chi connectivity index (χ2v) is 7.55. The minimum atomic E-state index is -0.555. The molecule has 7 heteroatoms. The zero-order valence-corrected chi connectivity index (χ0v) is 17.8. The van der Waals surface area contributed by atoms with Crippen molar-refractivity contribution in [1.82, 2.24) is 4.90 Å². The number of likely N-dealkylation sites (N-methyl/N-ethyl adjacent to an activating group) is 1. The highest BCUT2D eigenvalue weighted by Gasteiger charge is 2.31. The molecule has 0 saturated heterocycles. The molecule has 2 amide bonds. The number of hydrogen-bond acceptors (Lipinski definition) is 5. The van der Waals surface area contributed by atoms with E-state index in [1.54, 1.807) is 24.0 Å². The Morgan fingerprint density at radius 2 is 1.97 bits per heavy atom. The second-order valence-electron chi connectivity index (χ2n) is 7.55. The van der Waals surface area contributed by atoms with Crippen molar-refractivity contribution >= 4 is 23.2 Å². The summed E-state index contributed by atoms with van der Waals surface area (Å²) in [4.78, 5) is 28.6. The van der Waals surface area contributed by atoms with Gasteiger partial charge in [0.1, 0.15) is 11.5 Å². The number of benzene rings is 2. The van der Waals surface area contributed by atoms with E-state index >= 15 is 0 Å². The summed E-state index contributed by atoms with van der Waals surface area (Å²) >= 11 is 0. The molecule has 0 fully saturated rings. The molecule has 3 rings (SSSR count). The Hall–Kier alpha value is -3.06. The third-order valence-electron chi connectivity index (χ3n) is 4.78. The highest BCUT2D eigenvalue weighted by molar-refractivity contribution is 6.00. The SMILES string of the molecule is CC1Oc2cc(NC(=O)CCCOc3ccccc3)ccc2N(CCN(C)C)C1=O. The fourth-order valence-electron chi connectivity index (χ4n) is 3.18. The van der Waals surface area contributed by atoms with E-state index in [1.807, 2.05) is 55.4 Å². The van der Waals surface area contributed by atoms with Crippen LogP contribution in [0.3, 0.4) is 0 Å². The molecule has 0 aromatic heterocycles. The van der Waals surface area contributed by atoms with E-state index in [0.717, 1.165) is 18.0 Å². The summed E-state index contributed by atoms with van der Waals surface area (Å²) < 4.78 is 11.4. The molecule has 1 N–H and O–H groups in total. The van der Waals surface area contributed by atoms with E-state index in [2.05, 4.69) is 5.32 Å². The molecule has 2 aromatic rings. The van der Waals surface area contributed by atoms with E-state index in [4.69, 9.17) is 9.47 Å². The van der Waals surface area contributed by atoms with Crippen molar-refractivity contribution in [3.05, 3.63) is 48.5 Å². The first-order valence-electron chi connectivity index (χ1n) is 10.2. The molecule has 0 aliphatic carbocycles. The van der Waals surface area contributed by atoms with Crippen molar-refractivity contribution in [3.8, 4) is 11.5 Å². The molecule has 30 heavy (non-hydrogen) atoms. The maximum atomic E-state index is 12.5. The predicted octanol–water partition coefficient (Wildman–Crippen LogP) is 3.16. The number of carbonyl (C=O) groups excluding carboxylic acids is 2. The molecule has 0 saturated carbocycles. The van der Waals surface area contributed by atoms with E-state index < -0.39 is 6.10 Å². The van der Waals surface area contributed by atoms with Gasteiger partial charge in [0.25, 0.3) is 5.91 Å². The normalized spacial score (nSPS) is 15.5. The van der Waals surface area contributed by atoms with Gasteiger partial charge < -0.3 is 24.6 Å². The molecule has 0 bridgehead atoms. The average molecular weight is 412 g/mol. The summed E-state index contributed by atoms with van der Waals surface area (Å²) in [5, 5.41) is 2.90. The minimum Gasteiger partial charge on any atom is -0.494 e. The van der Waals surface area contributed by atoms with Gasteiger partial charge in [0.05, 0.1) is 12.3 Å². The third kappa shape index (κ3) is 5.73. The van der Waals surface area contributed by atoms with Crippen LogP contribution in [0, 0.1) is 0 Å². The number of hydrogen-bond donors (Lipinski definition) is 1. The summed E-state index contributed by atoms with van der Waals surface area (Å²) in [6.07, 6.45) is 0.418. The lowest BCUT2D eigenvalue weighted by atomic mass is 10.1. The number of carbonyl (C=O) groups is 2. The summed E-state index contributed by atoms with van der Waals surface area (Å²) in [7, 11) is 3.94. The standard InChI is InChI=1S/C23H29N3O4/c1-17-23(28)26(14-13-25(2)3)20-12-11-18(16-21(20)30-17)24-22(27)10-7-15-29-19-8-5-4-6-9-19/h4-6,8-9,11-12,16-17H,7,10,13-15H2,1-3H3,(H,24,27). The highest BCUT2D eigenvalue weighted by Crippen LogP contribution is 2.36. The fourth-order valence-corrected chi connectivity index (χ4v) is 3.18. The van der Waals surface area contributed by atoms with Crippen LogP contribution in [-0.2, 0) is 9.59 Å². The number of nitrogens with one attached hydrogen (secondary N) is 1. The molecule has 2 aromatic carbocycles. The summed E-state index contributed by atoms with van der Waals surface area (Å²) in [5.41, 5.74) is 1.38. The van der Waals surface area contributed by atoms with Crippen molar-refractivity contribution in [2.24, 2.45) is 0 Å². The minimum absolute atomic E-state index is 0.0560. The first-order chi connectivity index (χ1) is 14.4. The number of para-hydroxylation sites is 1. The maximum Gasteiger partial charge on any atom is 0.267 e. The zero-order chi connectivity index (χ0) is 21.5. The smallest absolute Gasteiger partial charge is 0.267 e. The van der Waals surface area contributed by atoms with E-state index in [9.17, 15) is 9.59 Å². The summed E-state index contributed by atoms with van der Waals surface area (Å²) in [6, 6.07) is 14.9. The molecule has 1 aliphatic heterocycles. The number of rotatable bonds is 9. The third-order valence-corrected chi connectivity index (χ3v) is 4.78. The van der Waals surface area contributed by atoms with E-state index in [1.165, 1.54) is 0 Å². The molecule has 0 spiro atoms. The van der Waals surface area contributed by atoms with Crippen LogP contribution in [0.15, 0.2) is 48.5 Å². The average Bonchev–Trinajstić information content (AvgIpc) is 2.72. The maximum absolute atomic E-state index is 12.5. The Balaban J connectivity index is 1.55. The Bertz CT molecular complexity index is 870. The first-order valence-corrected chi connectivity index (χ1v) is 10.2. The highest BCUT2D eigenvalue weighted by atomic mass is 16.5. The van der Waals surface area contributed by atoms with Crippen LogP contribution < -0.4 is 19.7 Å². The topological polar surface area (TPSA) is 71.1 Å². The number of amides is 2. The van der Waals surface area contributed by atoms with Gasteiger partial charge in [-0.15, -0.1) is 0 Å². The monoisotopic (exact) mass is 411 g/mol.